The Labute approximate surface area is 92.1 Å². The number of aryl methyl sites for hydroxylation is 1. The second kappa shape index (κ2) is 4.31. The van der Waals surface area contributed by atoms with Gasteiger partial charge in [0.15, 0.2) is 0 Å². The van der Waals surface area contributed by atoms with E-state index in [-0.39, 0.29) is 0 Å². The lowest BCUT2D eigenvalue weighted by Crippen LogP contribution is -2.23. The van der Waals surface area contributed by atoms with Gasteiger partial charge in [-0.2, -0.15) is 0 Å². The van der Waals surface area contributed by atoms with Crippen LogP contribution in [0, 0.1) is 18.8 Å². The molecule has 1 saturated carbocycles. The number of pyridine rings is 1. The normalized spacial score (nSPS) is 26.3. The molecule has 3 atom stereocenters. The van der Waals surface area contributed by atoms with Crippen LogP contribution in [0.1, 0.15) is 37.6 Å². The second-order valence-corrected chi connectivity index (χ2v) is 4.65. The lowest BCUT2D eigenvalue weighted by molar-refractivity contribution is 0.474. The van der Waals surface area contributed by atoms with Gasteiger partial charge in [-0.15, -0.1) is 0 Å². The molecule has 1 aliphatic rings. The molecule has 3 unspecified atom stereocenters. The van der Waals surface area contributed by atoms with Crippen molar-refractivity contribution in [1.29, 1.82) is 0 Å². The van der Waals surface area contributed by atoms with E-state index in [0.29, 0.717) is 6.04 Å². The van der Waals surface area contributed by atoms with Gasteiger partial charge in [0.25, 0.3) is 0 Å². The molecule has 0 aliphatic heterocycles. The van der Waals surface area contributed by atoms with E-state index in [1.165, 1.54) is 12.0 Å². The number of rotatable bonds is 4. The Bertz CT molecular complexity index is 318. The predicted molar refractivity (Wildman–Crippen MR) is 62.7 cm³/mol. The summed E-state index contributed by atoms with van der Waals surface area (Å²) in [6, 6.07) is 4.83. The van der Waals surface area contributed by atoms with E-state index >= 15 is 0 Å². The molecule has 82 valence electrons. The molecule has 15 heavy (non-hydrogen) atoms. The van der Waals surface area contributed by atoms with E-state index in [9.17, 15) is 0 Å². The maximum atomic E-state index is 4.38. The molecular formula is C13H20N2. The third-order valence-electron chi connectivity index (χ3n) is 3.32. The summed E-state index contributed by atoms with van der Waals surface area (Å²) in [6.07, 6.45) is 3.37. The number of hydrogen-bond donors (Lipinski definition) is 1. The molecule has 0 saturated heterocycles. The number of hydrogen-bond acceptors (Lipinski definition) is 2. The summed E-state index contributed by atoms with van der Waals surface area (Å²) >= 11 is 0. The smallest absolute Gasteiger partial charge is 0.0372 e. The minimum absolute atomic E-state index is 0.512. The van der Waals surface area contributed by atoms with Gasteiger partial charge in [0, 0.05) is 17.9 Å². The summed E-state index contributed by atoms with van der Waals surface area (Å²) in [7, 11) is 0. The van der Waals surface area contributed by atoms with Gasteiger partial charge >= 0.3 is 0 Å². The maximum Gasteiger partial charge on any atom is 0.0372 e. The highest BCUT2D eigenvalue weighted by Crippen LogP contribution is 2.46. The van der Waals surface area contributed by atoms with E-state index in [0.717, 1.165) is 24.1 Å². The molecule has 0 radical (unpaired) electrons. The Kier molecular flexibility index (Phi) is 3.06. The molecular weight excluding hydrogens is 184 g/mol. The topological polar surface area (TPSA) is 24.9 Å². The summed E-state index contributed by atoms with van der Waals surface area (Å²) in [4.78, 5) is 4.38. The highest BCUT2D eigenvalue weighted by molar-refractivity contribution is 5.20. The van der Waals surface area contributed by atoms with Crippen LogP contribution in [0.5, 0.6) is 0 Å². The van der Waals surface area contributed by atoms with Crippen molar-refractivity contribution in [2.24, 2.45) is 11.8 Å². The van der Waals surface area contributed by atoms with Gasteiger partial charge in [0.1, 0.15) is 0 Å². The molecule has 1 aliphatic carbocycles. The molecule has 1 heterocycles. The van der Waals surface area contributed by atoms with Gasteiger partial charge < -0.3 is 5.32 Å². The Morgan fingerprint density at radius 3 is 2.73 bits per heavy atom. The van der Waals surface area contributed by atoms with Gasteiger partial charge in [0.2, 0.25) is 0 Å². The fourth-order valence-corrected chi connectivity index (χ4v) is 2.21. The highest BCUT2D eigenvalue weighted by Gasteiger charge is 2.39. The maximum absolute atomic E-state index is 4.38. The summed E-state index contributed by atoms with van der Waals surface area (Å²) in [5, 5.41) is 3.57. The first-order valence-electron chi connectivity index (χ1n) is 5.88. The van der Waals surface area contributed by atoms with Crippen LogP contribution in [0.25, 0.3) is 0 Å². The van der Waals surface area contributed by atoms with Crippen molar-refractivity contribution in [1.82, 2.24) is 10.3 Å². The molecule has 1 fully saturated rings. The minimum Gasteiger partial charge on any atom is -0.310 e. The average Bonchev–Trinajstić information content (AvgIpc) is 2.93. The van der Waals surface area contributed by atoms with Crippen LogP contribution in [0.3, 0.4) is 0 Å². The van der Waals surface area contributed by atoms with Gasteiger partial charge in [-0.05, 0) is 43.4 Å². The fraction of sp³-hybridized carbons (Fsp3) is 0.615. The van der Waals surface area contributed by atoms with E-state index in [1.807, 2.05) is 13.1 Å². The number of nitrogens with zero attached hydrogens (tertiary/aromatic N) is 1. The van der Waals surface area contributed by atoms with Crippen molar-refractivity contribution in [2.45, 2.75) is 33.2 Å². The Hall–Kier alpha value is -0.890. The van der Waals surface area contributed by atoms with Crippen molar-refractivity contribution in [3.63, 3.8) is 0 Å². The lowest BCUT2D eigenvalue weighted by Gasteiger charge is -2.18. The van der Waals surface area contributed by atoms with Crippen molar-refractivity contribution in [3.8, 4) is 0 Å². The number of aromatic nitrogens is 1. The molecule has 2 nitrogen and oxygen atoms in total. The standard InChI is InChI=1S/C13H20N2/c1-4-14-13(12-7-9(12)2)11-6-5-10(3)15-8-11/h5-6,8-9,12-14H,4,7H2,1-3H3. The zero-order chi connectivity index (χ0) is 10.8. The second-order valence-electron chi connectivity index (χ2n) is 4.65. The molecule has 0 spiro atoms. The minimum atomic E-state index is 0.512. The predicted octanol–water partition coefficient (Wildman–Crippen LogP) is 2.70. The van der Waals surface area contributed by atoms with Crippen LogP contribution in [-0.4, -0.2) is 11.5 Å². The van der Waals surface area contributed by atoms with Crippen LogP contribution in [0.15, 0.2) is 18.3 Å². The summed E-state index contributed by atoms with van der Waals surface area (Å²) in [6.45, 7) is 7.56. The SMILES string of the molecule is CCNC(c1ccc(C)nc1)C1CC1C. The van der Waals surface area contributed by atoms with Gasteiger partial charge in [-0.3, -0.25) is 4.98 Å². The zero-order valence-corrected chi connectivity index (χ0v) is 9.83. The molecule has 1 aromatic rings. The Morgan fingerprint density at radius 1 is 1.53 bits per heavy atom. The van der Waals surface area contributed by atoms with E-state index in [2.05, 4.69) is 36.3 Å². The van der Waals surface area contributed by atoms with Gasteiger partial charge in [-0.1, -0.05) is 19.9 Å². The molecule has 2 rings (SSSR count). The van der Waals surface area contributed by atoms with Gasteiger partial charge in [-0.25, -0.2) is 0 Å². The van der Waals surface area contributed by atoms with Crippen LogP contribution in [0.2, 0.25) is 0 Å². The molecule has 0 aromatic carbocycles. The van der Waals surface area contributed by atoms with E-state index in [1.54, 1.807) is 0 Å². The third-order valence-corrected chi connectivity index (χ3v) is 3.32. The third kappa shape index (κ3) is 2.37. The average molecular weight is 204 g/mol. The number of nitrogens with one attached hydrogen (secondary N) is 1. The summed E-state index contributed by atoms with van der Waals surface area (Å²) in [5.74, 6) is 1.69. The molecule has 1 N–H and O–H groups in total. The Morgan fingerprint density at radius 2 is 2.27 bits per heavy atom. The Balaban J connectivity index is 2.13. The lowest BCUT2D eigenvalue weighted by atomic mass is 10.0. The van der Waals surface area contributed by atoms with E-state index in [4.69, 9.17) is 0 Å². The van der Waals surface area contributed by atoms with Crippen molar-refractivity contribution < 1.29 is 0 Å². The van der Waals surface area contributed by atoms with Gasteiger partial charge in [0.05, 0.1) is 0 Å². The monoisotopic (exact) mass is 204 g/mol. The summed E-state index contributed by atoms with van der Waals surface area (Å²) < 4.78 is 0. The first kappa shape index (κ1) is 10.6. The first-order chi connectivity index (χ1) is 7.22. The van der Waals surface area contributed by atoms with Crippen LogP contribution in [-0.2, 0) is 0 Å². The fourth-order valence-electron chi connectivity index (χ4n) is 2.21. The van der Waals surface area contributed by atoms with E-state index < -0.39 is 0 Å². The van der Waals surface area contributed by atoms with Crippen molar-refractivity contribution in [2.75, 3.05) is 6.54 Å². The van der Waals surface area contributed by atoms with Crippen LogP contribution < -0.4 is 5.32 Å². The van der Waals surface area contributed by atoms with Crippen molar-refractivity contribution >= 4 is 0 Å². The first-order valence-corrected chi connectivity index (χ1v) is 5.88. The molecule has 2 heteroatoms. The largest absolute Gasteiger partial charge is 0.310 e. The molecule has 0 amide bonds. The zero-order valence-electron chi connectivity index (χ0n) is 9.83. The summed E-state index contributed by atoms with van der Waals surface area (Å²) in [5.41, 5.74) is 2.44. The molecule has 0 bridgehead atoms. The molecule has 1 aromatic heterocycles. The van der Waals surface area contributed by atoms with Crippen molar-refractivity contribution in [3.05, 3.63) is 29.6 Å². The quantitative estimate of drug-likeness (QED) is 0.815. The van der Waals surface area contributed by atoms with Crippen LogP contribution >= 0.6 is 0 Å². The highest BCUT2D eigenvalue weighted by atomic mass is 14.9. The van der Waals surface area contributed by atoms with Crippen LogP contribution in [0.4, 0.5) is 0 Å².